The third-order valence-electron chi connectivity index (χ3n) is 1.28. The number of rotatable bonds is 2. The van der Waals surface area contributed by atoms with E-state index in [1.165, 1.54) is 18.2 Å². The van der Waals surface area contributed by atoms with E-state index in [1.807, 2.05) is 6.07 Å². The van der Waals surface area contributed by atoms with Crippen LogP contribution in [0.3, 0.4) is 0 Å². The van der Waals surface area contributed by atoms with E-state index in [9.17, 15) is 8.78 Å². The monoisotopic (exact) mass is 203 g/mol. The average Bonchev–Trinajstić information content (AvgIpc) is 2.08. The fourth-order valence-corrected chi connectivity index (χ4v) is 0.987. The molecule has 0 amide bonds. The third-order valence-corrected chi connectivity index (χ3v) is 1.57. The molecule has 5 heteroatoms. The Bertz CT molecular complexity index is 348. The number of halogens is 3. The predicted molar refractivity (Wildman–Crippen MR) is 42.8 cm³/mol. The van der Waals surface area contributed by atoms with Crippen LogP contribution in [0.5, 0.6) is 5.75 Å². The number of benzene rings is 1. The van der Waals surface area contributed by atoms with Gasteiger partial charge < -0.3 is 4.74 Å². The van der Waals surface area contributed by atoms with Crippen molar-refractivity contribution >= 4 is 11.6 Å². The minimum absolute atomic E-state index is 0.000602. The maximum absolute atomic E-state index is 11.7. The van der Waals surface area contributed by atoms with Gasteiger partial charge in [0.25, 0.3) is 0 Å². The normalized spacial score (nSPS) is 9.77. The van der Waals surface area contributed by atoms with Crippen molar-refractivity contribution in [3.63, 3.8) is 0 Å². The second-order valence-corrected chi connectivity index (χ2v) is 2.54. The zero-order chi connectivity index (χ0) is 9.84. The molecule has 0 fully saturated rings. The van der Waals surface area contributed by atoms with Crippen molar-refractivity contribution in [2.45, 2.75) is 6.61 Å². The van der Waals surface area contributed by atoms with Crippen molar-refractivity contribution in [2.24, 2.45) is 0 Å². The number of alkyl halides is 2. The molecule has 0 radical (unpaired) electrons. The fraction of sp³-hybridized carbons (Fsp3) is 0.125. The molecule has 0 aromatic heterocycles. The Labute approximate surface area is 78.3 Å². The van der Waals surface area contributed by atoms with Crippen LogP contribution in [0.2, 0.25) is 5.02 Å². The first kappa shape index (κ1) is 9.75. The molecule has 0 saturated carbocycles. The third kappa shape index (κ3) is 2.56. The lowest BCUT2D eigenvalue weighted by atomic mass is 10.2. The van der Waals surface area contributed by atoms with Gasteiger partial charge in [-0.15, -0.1) is 0 Å². The van der Waals surface area contributed by atoms with Crippen LogP contribution in [0.15, 0.2) is 18.2 Å². The summed E-state index contributed by atoms with van der Waals surface area (Å²) in [5.74, 6) is -0.129. The SMILES string of the molecule is N#Cc1ccc(OC(F)F)c(Cl)c1. The fourth-order valence-electron chi connectivity index (χ4n) is 0.762. The van der Waals surface area contributed by atoms with Gasteiger partial charge in [-0.05, 0) is 18.2 Å². The lowest BCUT2D eigenvalue weighted by Gasteiger charge is -2.05. The van der Waals surface area contributed by atoms with Crippen LogP contribution in [0.1, 0.15) is 5.56 Å². The predicted octanol–water partition coefficient (Wildman–Crippen LogP) is 2.81. The highest BCUT2D eigenvalue weighted by Gasteiger charge is 2.08. The second-order valence-electron chi connectivity index (χ2n) is 2.14. The standard InChI is InChI=1S/C8H4ClF2NO/c9-6-3-5(4-12)1-2-7(6)13-8(10)11/h1-3,8H. The van der Waals surface area contributed by atoms with Crippen molar-refractivity contribution in [1.29, 1.82) is 5.26 Å². The highest BCUT2D eigenvalue weighted by atomic mass is 35.5. The van der Waals surface area contributed by atoms with Gasteiger partial charge in [-0.3, -0.25) is 0 Å². The largest absolute Gasteiger partial charge is 0.433 e. The maximum atomic E-state index is 11.7. The van der Waals surface area contributed by atoms with Gasteiger partial charge in [-0.1, -0.05) is 11.6 Å². The molecule has 0 unspecified atom stereocenters. The van der Waals surface area contributed by atoms with Gasteiger partial charge in [-0.2, -0.15) is 14.0 Å². The molecular formula is C8H4ClF2NO. The summed E-state index contributed by atoms with van der Waals surface area (Å²) in [4.78, 5) is 0. The zero-order valence-electron chi connectivity index (χ0n) is 6.30. The van der Waals surface area contributed by atoms with Gasteiger partial charge in [0, 0.05) is 0 Å². The van der Waals surface area contributed by atoms with Gasteiger partial charge in [-0.25, -0.2) is 0 Å². The number of nitrogens with zero attached hydrogens (tertiary/aromatic N) is 1. The number of nitriles is 1. The highest BCUT2D eigenvalue weighted by molar-refractivity contribution is 6.32. The molecule has 68 valence electrons. The number of hydrogen-bond acceptors (Lipinski definition) is 2. The maximum Gasteiger partial charge on any atom is 0.387 e. The lowest BCUT2D eigenvalue weighted by Crippen LogP contribution is -2.02. The summed E-state index contributed by atoms with van der Waals surface area (Å²) in [5.41, 5.74) is 0.298. The Morgan fingerprint density at radius 3 is 2.62 bits per heavy atom. The molecule has 0 heterocycles. The topological polar surface area (TPSA) is 33.0 Å². The minimum atomic E-state index is -2.91. The summed E-state index contributed by atoms with van der Waals surface area (Å²) >= 11 is 5.54. The van der Waals surface area contributed by atoms with Crippen LogP contribution in [0.4, 0.5) is 8.78 Å². The van der Waals surface area contributed by atoms with Crippen molar-refractivity contribution in [2.75, 3.05) is 0 Å². The molecule has 0 aliphatic rings. The van der Waals surface area contributed by atoms with Crippen molar-refractivity contribution in [3.05, 3.63) is 28.8 Å². The van der Waals surface area contributed by atoms with E-state index < -0.39 is 6.61 Å². The molecule has 13 heavy (non-hydrogen) atoms. The van der Waals surface area contributed by atoms with E-state index in [1.54, 1.807) is 0 Å². The Hall–Kier alpha value is -1.34. The summed E-state index contributed by atoms with van der Waals surface area (Å²) in [6.45, 7) is -2.91. The smallest absolute Gasteiger partial charge is 0.387 e. The molecule has 1 aromatic carbocycles. The molecular weight excluding hydrogens is 200 g/mol. The number of hydrogen-bond donors (Lipinski definition) is 0. The molecule has 0 aliphatic heterocycles. The van der Waals surface area contributed by atoms with Gasteiger partial charge in [0.05, 0.1) is 16.7 Å². The molecule has 0 bridgehead atoms. The van der Waals surface area contributed by atoms with E-state index in [0.29, 0.717) is 5.56 Å². The molecule has 0 saturated heterocycles. The summed E-state index contributed by atoms with van der Waals surface area (Å²) < 4.78 is 27.5. The molecule has 1 aromatic rings. The van der Waals surface area contributed by atoms with Crippen LogP contribution in [0.25, 0.3) is 0 Å². The highest BCUT2D eigenvalue weighted by Crippen LogP contribution is 2.26. The van der Waals surface area contributed by atoms with Crippen LogP contribution in [0, 0.1) is 11.3 Å². The van der Waals surface area contributed by atoms with E-state index in [0.717, 1.165) is 0 Å². The van der Waals surface area contributed by atoms with Crippen LogP contribution in [-0.4, -0.2) is 6.61 Å². The van der Waals surface area contributed by atoms with Crippen molar-refractivity contribution in [3.8, 4) is 11.8 Å². The molecule has 0 atom stereocenters. The Balaban J connectivity index is 2.93. The Kier molecular flexibility index (Phi) is 3.04. The van der Waals surface area contributed by atoms with E-state index in [2.05, 4.69) is 4.74 Å². The molecule has 0 spiro atoms. The second kappa shape index (κ2) is 4.06. The van der Waals surface area contributed by atoms with Crippen molar-refractivity contribution < 1.29 is 13.5 Å². The molecule has 2 nitrogen and oxygen atoms in total. The Morgan fingerprint density at radius 2 is 2.15 bits per heavy atom. The van der Waals surface area contributed by atoms with Crippen LogP contribution in [-0.2, 0) is 0 Å². The quantitative estimate of drug-likeness (QED) is 0.741. The molecule has 0 aliphatic carbocycles. The first-order valence-electron chi connectivity index (χ1n) is 3.28. The summed E-state index contributed by atoms with van der Waals surface area (Å²) in [6, 6.07) is 5.66. The summed E-state index contributed by atoms with van der Waals surface area (Å²) in [6.07, 6.45) is 0. The Morgan fingerprint density at radius 1 is 1.46 bits per heavy atom. The molecule has 0 N–H and O–H groups in total. The molecule has 1 rings (SSSR count). The van der Waals surface area contributed by atoms with Crippen molar-refractivity contribution in [1.82, 2.24) is 0 Å². The van der Waals surface area contributed by atoms with Crippen LogP contribution >= 0.6 is 11.6 Å². The van der Waals surface area contributed by atoms with E-state index in [4.69, 9.17) is 16.9 Å². The van der Waals surface area contributed by atoms with Crippen LogP contribution < -0.4 is 4.74 Å². The van der Waals surface area contributed by atoms with Gasteiger partial charge in [0.15, 0.2) is 0 Å². The summed E-state index contributed by atoms with van der Waals surface area (Å²) in [7, 11) is 0. The summed E-state index contributed by atoms with van der Waals surface area (Å²) in [5, 5.41) is 8.44. The number of ether oxygens (including phenoxy) is 1. The zero-order valence-corrected chi connectivity index (χ0v) is 7.05. The van der Waals surface area contributed by atoms with Gasteiger partial charge >= 0.3 is 6.61 Å². The van der Waals surface area contributed by atoms with Gasteiger partial charge in [0.2, 0.25) is 0 Å². The van der Waals surface area contributed by atoms with E-state index in [-0.39, 0.29) is 10.8 Å². The minimum Gasteiger partial charge on any atom is -0.433 e. The average molecular weight is 204 g/mol. The lowest BCUT2D eigenvalue weighted by molar-refractivity contribution is -0.0497. The van der Waals surface area contributed by atoms with Gasteiger partial charge in [0.1, 0.15) is 5.75 Å². The first-order valence-corrected chi connectivity index (χ1v) is 3.65. The van der Waals surface area contributed by atoms with E-state index >= 15 is 0 Å². The first-order chi connectivity index (χ1) is 6.13.